The number of likely N-dealkylation sites (N-methyl/N-ethyl adjacent to an activating group) is 1. The molecule has 5 nitrogen and oxygen atoms in total. The molecule has 0 fully saturated rings. The van der Waals surface area contributed by atoms with Crippen molar-refractivity contribution in [3.63, 3.8) is 0 Å². The summed E-state index contributed by atoms with van der Waals surface area (Å²) in [5.74, 6) is -0.172. The second-order valence-corrected chi connectivity index (χ2v) is 5.02. The minimum atomic E-state index is -0.536. The van der Waals surface area contributed by atoms with Gasteiger partial charge in [0, 0.05) is 6.54 Å². The van der Waals surface area contributed by atoms with Gasteiger partial charge < -0.3 is 16.0 Å². The monoisotopic (exact) mass is 275 g/mol. The lowest BCUT2D eigenvalue weighted by molar-refractivity contribution is -0.122. The van der Waals surface area contributed by atoms with Crippen LogP contribution in [0.4, 0.5) is 4.79 Å². The Hall–Kier alpha value is -2.04. The van der Waals surface area contributed by atoms with Crippen LogP contribution in [0, 0.1) is 0 Å². The molecule has 1 aromatic rings. The van der Waals surface area contributed by atoms with E-state index in [2.05, 4.69) is 22.0 Å². The van der Waals surface area contributed by atoms with E-state index in [1.54, 1.807) is 6.92 Å². The number of carbonyl (C=O) groups is 2. The standard InChI is InChI=1S/C15H21N3O2/c1-3-16-14(19)10(2)17-15(20)18-13-9-8-11-6-4-5-7-12(11)13/h4-7,10,13H,3,8-9H2,1-2H3,(H,16,19)(H2,17,18,20)/t10-,13-/m1/s1. The normalized spacial score (nSPS) is 18.0. The molecule has 0 aromatic heterocycles. The fourth-order valence-corrected chi connectivity index (χ4v) is 2.50. The van der Waals surface area contributed by atoms with Gasteiger partial charge in [-0.15, -0.1) is 0 Å². The van der Waals surface area contributed by atoms with Crippen molar-refractivity contribution in [1.29, 1.82) is 0 Å². The maximum atomic E-state index is 11.9. The smallest absolute Gasteiger partial charge is 0.315 e. The van der Waals surface area contributed by atoms with Gasteiger partial charge >= 0.3 is 6.03 Å². The van der Waals surface area contributed by atoms with Crippen LogP contribution < -0.4 is 16.0 Å². The number of nitrogens with one attached hydrogen (secondary N) is 3. The highest BCUT2D eigenvalue weighted by atomic mass is 16.2. The van der Waals surface area contributed by atoms with Crippen LogP contribution in [0.1, 0.15) is 37.4 Å². The summed E-state index contributed by atoms with van der Waals surface area (Å²) >= 11 is 0. The summed E-state index contributed by atoms with van der Waals surface area (Å²) in [5, 5.41) is 8.27. The van der Waals surface area contributed by atoms with E-state index in [9.17, 15) is 9.59 Å². The van der Waals surface area contributed by atoms with Crippen LogP contribution in [0.5, 0.6) is 0 Å². The van der Waals surface area contributed by atoms with E-state index in [0.29, 0.717) is 6.54 Å². The first-order valence-electron chi connectivity index (χ1n) is 7.04. The SMILES string of the molecule is CCNC(=O)[C@@H](C)NC(=O)N[C@@H]1CCc2ccccc21. The number of fused-ring (bicyclic) bond motifs is 1. The topological polar surface area (TPSA) is 70.2 Å². The molecule has 0 radical (unpaired) electrons. The average Bonchev–Trinajstić information content (AvgIpc) is 2.82. The summed E-state index contributed by atoms with van der Waals surface area (Å²) < 4.78 is 0. The Morgan fingerprint density at radius 3 is 2.85 bits per heavy atom. The third kappa shape index (κ3) is 3.29. The Kier molecular flexibility index (Phi) is 4.61. The van der Waals surface area contributed by atoms with E-state index < -0.39 is 6.04 Å². The van der Waals surface area contributed by atoms with Crippen molar-refractivity contribution in [3.05, 3.63) is 35.4 Å². The van der Waals surface area contributed by atoms with Gasteiger partial charge in [0.2, 0.25) is 5.91 Å². The van der Waals surface area contributed by atoms with Gasteiger partial charge in [-0.3, -0.25) is 4.79 Å². The van der Waals surface area contributed by atoms with Crippen LogP contribution in [0.15, 0.2) is 24.3 Å². The number of hydrogen-bond donors (Lipinski definition) is 3. The number of carbonyl (C=O) groups excluding carboxylic acids is 2. The zero-order valence-electron chi connectivity index (χ0n) is 11.9. The molecule has 0 bridgehead atoms. The first-order chi connectivity index (χ1) is 9.61. The Balaban J connectivity index is 1.88. The van der Waals surface area contributed by atoms with Crippen molar-refractivity contribution < 1.29 is 9.59 Å². The van der Waals surface area contributed by atoms with Crippen molar-refractivity contribution in [2.75, 3.05) is 6.54 Å². The van der Waals surface area contributed by atoms with E-state index in [1.807, 2.05) is 25.1 Å². The number of urea groups is 1. The van der Waals surface area contributed by atoms with E-state index >= 15 is 0 Å². The molecule has 0 saturated carbocycles. The van der Waals surface area contributed by atoms with E-state index in [1.165, 1.54) is 11.1 Å². The molecule has 0 heterocycles. The number of benzene rings is 1. The minimum absolute atomic E-state index is 0.0348. The van der Waals surface area contributed by atoms with Crippen molar-refractivity contribution >= 4 is 11.9 Å². The summed E-state index contributed by atoms with van der Waals surface area (Å²) in [5.41, 5.74) is 2.46. The van der Waals surface area contributed by atoms with Crippen LogP contribution >= 0.6 is 0 Å². The predicted octanol–water partition coefficient (Wildman–Crippen LogP) is 1.50. The molecule has 108 valence electrons. The van der Waals surface area contributed by atoms with Crippen molar-refractivity contribution in [2.24, 2.45) is 0 Å². The molecule has 3 amide bonds. The van der Waals surface area contributed by atoms with Crippen LogP contribution in [-0.2, 0) is 11.2 Å². The number of hydrogen-bond acceptors (Lipinski definition) is 2. The summed E-state index contributed by atoms with van der Waals surface area (Å²) in [4.78, 5) is 23.5. The van der Waals surface area contributed by atoms with Crippen molar-refractivity contribution in [3.8, 4) is 0 Å². The van der Waals surface area contributed by atoms with Gasteiger partial charge in [-0.25, -0.2) is 4.79 Å². The zero-order chi connectivity index (χ0) is 14.5. The lowest BCUT2D eigenvalue weighted by atomic mass is 10.1. The molecular weight excluding hydrogens is 254 g/mol. The Morgan fingerprint density at radius 1 is 1.35 bits per heavy atom. The van der Waals surface area contributed by atoms with E-state index in [-0.39, 0.29) is 18.0 Å². The van der Waals surface area contributed by atoms with Gasteiger partial charge in [-0.1, -0.05) is 24.3 Å². The lowest BCUT2D eigenvalue weighted by Crippen LogP contribution is -2.48. The Labute approximate surface area is 119 Å². The maximum Gasteiger partial charge on any atom is 0.315 e. The summed E-state index contributed by atoms with van der Waals surface area (Å²) in [6, 6.07) is 7.32. The van der Waals surface area contributed by atoms with Gasteiger partial charge in [-0.05, 0) is 37.8 Å². The first kappa shape index (κ1) is 14.4. The molecular formula is C15H21N3O2. The Morgan fingerprint density at radius 2 is 2.10 bits per heavy atom. The second kappa shape index (κ2) is 6.41. The molecule has 0 saturated heterocycles. The fourth-order valence-electron chi connectivity index (χ4n) is 2.50. The van der Waals surface area contributed by atoms with Crippen molar-refractivity contribution in [2.45, 2.75) is 38.8 Å². The Bertz CT molecular complexity index is 502. The molecule has 20 heavy (non-hydrogen) atoms. The van der Waals surface area contributed by atoms with Gasteiger partial charge in [0.25, 0.3) is 0 Å². The lowest BCUT2D eigenvalue weighted by Gasteiger charge is -2.18. The molecule has 1 aromatic carbocycles. The van der Waals surface area contributed by atoms with Gasteiger partial charge in [0.1, 0.15) is 6.04 Å². The average molecular weight is 275 g/mol. The van der Waals surface area contributed by atoms with E-state index in [4.69, 9.17) is 0 Å². The number of rotatable bonds is 4. The molecule has 0 spiro atoms. The molecule has 3 N–H and O–H groups in total. The molecule has 1 aliphatic rings. The molecule has 0 unspecified atom stereocenters. The van der Waals surface area contributed by atoms with Gasteiger partial charge in [-0.2, -0.15) is 0 Å². The third-order valence-electron chi connectivity index (χ3n) is 3.53. The zero-order valence-corrected chi connectivity index (χ0v) is 11.9. The largest absolute Gasteiger partial charge is 0.355 e. The third-order valence-corrected chi connectivity index (χ3v) is 3.53. The quantitative estimate of drug-likeness (QED) is 0.779. The summed E-state index contributed by atoms with van der Waals surface area (Å²) in [6.45, 7) is 4.08. The van der Waals surface area contributed by atoms with Crippen LogP contribution in [0.3, 0.4) is 0 Å². The summed E-state index contributed by atoms with van der Waals surface area (Å²) in [6.07, 6.45) is 1.88. The predicted molar refractivity (Wildman–Crippen MR) is 77.3 cm³/mol. The highest BCUT2D eigenvalue weighted by Crippen LogP contribution is 2.30. The van der Waals surface area contributed by atoms with E-state index in [0.717, 1.165) is 12.8 Å². The first-order valence-corrected chi connectivity index (χ1v) is 7.04. The van der Waals surface area contributed by atoms with Gasteiger partial charge in [0.05, 0.1) is 6.04 Å². The van der Waals surface area contributed by atoms with Crippen molar-refractivity contribution in [1.82, 2.24) is 16.0 Å². The number of amides is 3. The van der Waals surface area contributed by atoms with Crippen LogP contribution in [0.2, 0.25) is 0 Å². The highest BCUT2D eigenvalue weighted by Gasteiger charge is 2.24. The molecule has 1 aliphatic carbocycles. The molecule has 2 rings (SSSR count). The van der Waals surface area contributed by atoms with Gasteiger partial charge in [0.15, 0.2) is 0 Å². The van der Waals surface area contributed by atoms with Crippen LogP contribution in [-0.4, -0.2) is 24.5 Å². The summed E-state index contributed by atoms with van der Waals surface area (Å²) in [7, 11) is 0. The van der Waals surface area contributed by atoms with Crippen LogP contribution in [0.25, 0.3) is 0 Å². The highest BCUT2D eigenvalue weighted by molar-refractivity contribution is 5.86. The second-order valence-electron chi connectivity index (χ2n) is 5.02. The maximum absolute atomic E-state index is 11.9. The molecule has 2 atom stereocenters. The molecule has 5 heteroatoms. The minimum Gasteiger partial charge on any atom is -0.355 e. The molecule has 0 aliphatic heterocycles. The number of aryl methyl sites for hydroxylation is 1. The fraction of sp³-hybridized carbons (Fsp3) is 0.467.